The largest absolute Gasteiger partial charge is 0.472 e. The quantitative estimate of drug-likeness (QED) is 0.883. The summed E-state index contributed by atoms with van der Waals surface area (Å²) in [7, 11) is -3.40. The van der Waals surface area contributed by atoms with Crippen LogP contribution >= 0.6 is 0 Å². The molecule has 0 radical (unpaired) electrons. The molecule has 1 aromatic carbocycles. The van der Waals surface area contributed by atoms with E-state index >= 15 is 0 Å². The molecule has 0 atom stereocenters. The van der Waals surface area contributed by atoms with Crippen molar-refractivity contribution in [1.29, 1.82) is 0 Å². The molecule has 0 spiro atoms. The van der Waals surface area contributed by atoms with Crippen LogP contribution in [0.4, 0.5) is 4.39 Å². The van der Waals surface area contributed by atoms with Gasteiger partial charge in [-0.2, -0.15) is 0 Å². The average Bonchev–Trinajstić information content (AvgIpc) is 2.85. The summed E-state index contributed by atoms with van der Waals surface area (Å²) in [6.45, 7) is 0.309. The van der Waals surface area contributed by atoms with Crippen molar-refractivity contribution in [3.05, 3.63) is 59.8 Å². The molecule has 4 nitrogen and oxygen atoms in total. The second-order valence-corrected chi connectivity index (χ2v) is 5.97. The van der Waals surface area contributed by atoms with E-state index in [0.717, 1.165) is 5.56 Å². The van der Waals surface area contributed by atoms with Crippen molar-refractivity contribution < 1.29 is 17.2 Å². The highest BCUT2D eigenvalue weighted by atomic mass is 32.2. The van der Waals surface area contributed by atoms with Crippen molar-refractivity contribution in [2.75, 3.05) is 6.54 Å². The number of halogens is 1. The van der Waals surface area contributed by atoms with Gasteiger partial charge in [0, 0.05) is 6.54 Å². The normalized spacial score (nSPS) is 11.6. The summed E-state index contributed by atoms with van der Waals surface area (Å²) in [5, 5.41) is 0. The van der Waals surface area contributed by atoms with E-state index in [1.807, 2.05) is 0 Å². The van der Waals surface area contributed by atoms with E-state index in [1.165, 1.54) is 24.3 Å². The van der Waals surface area contributed by atoms with Gasteiger partial charge in [0.15, 0.2) is 0 Å². The van der Waals surface area contributed by atoms with Crippen LogP contribution in [0.3, 0.4) is 0 Å². The van der Waals surface area contributed by atoms with Gasteiger partial charge in [-0.15, -0.1) is 0 Å². The van der Waals surface area contributed by atoms with Crippen LogP contribution in [0.2, 0.25) is 0 Å². The lowest BCUT2D eigenvalue weighted by atomic mass is 10.2. The molecule has 0 aliphatic rings. The van der Waals surface area contributed by atoms with Gasteiger partial charge in [0.2, 0.25) is 10.0 Å². The van der Waals surface area contributed by atoms with E-state index in [9.17, 15) is 12.8 Å². The number of sulfonamides is 1. The topological polar surface area (TPSA) is 59.3 Å². The van der Waals surface area contributed by atoms with Crippen molar-refractivity contribution in [2.24, 2.45) is 0 Å². The summed E-state index contributed by atoms with van der Waals surface area (Å²) in [5.41, 5.74) is 1.49. The maximum Gasteiger partial charge on any atom is 0.215 e. The zero-order valence-corrected chi connectivity index (χ0v) is 11.0. The maximum atomic E-state index is 12.7. The molecule has 0 saturated heterocycles. The van der Waals surface area contributed by atoms with E-state index in [1.54, 1.807) is 18.6 Å². The Morgan fingerprint density at radius 1 is 1.11 bits per heavy atom. The van der Waals surface area contributed by atoms with Gasteiger partial charge in [-0.05, 0) is 35.7 Å². The Morgan fingerprint density at radius 2 is 1.84 bits per heavy atom. The molecule has 0 fully saturated rings. The van der Waals surface area contributed by atoms with Crippen LogP contribution in [0, 0.1) is 5.82 Å². The first-order valence-electron chi connectivity index (χ1n) is 5.78. The molecule has 0 bridgehead atoms. The molecule has 0 aliphatic carbocycles. The van der Waals surface area contributed by atoms with Gasteiger partial charge in [0.25, 0.3) is 0 Å². The van der Waals surface area contributed by atoms with Gasteiger partial charge in [0.1, 0.15) is 5.82 Å². The lowest BCUT2D eigenvalue weighted by Gasteiger charge is -2.06. The van der Waals surface area contributed by atoms with Gasteiger partial charge < -0.3 is 4.42 Å². The van der Waals surface area contributed by atoms with Crippen molar-refractivity contribution in [2.45, 2.75) is 12.2 Å². The predicted molar refractivity (Wildman–Crippen MR) is 69.4 cm³/mol. The molecule has 0 aliphatic heterocycles. The van der Waals surface area contributed by atoms with Crippen LogP contribution < -0.4 is 4.72 Å². The third kappa shape index (κ3) is 4.50. The number of furan rings is 1. The monoisotopic (exact) mass is 283 g/mol. The number of hydrogen-bond donors (Lipinski definition) is 1. The molecule has 6 heteroatoms. The molecule has 1 heterocycles. The highest BCUT2D eigenvalue weighted by Crippen LogP contribution is 2.07. The van der Waals surface area contributed by atoms with Gasteiger partial charge >= 0.3 is 0 Å². The zero-order chi connectivity index (χ0) is 13.7. The minimum Gasteiger partial charge on any atom is -0.472 e. The number of benzene rings is 1. The summed E-state index contributed by atoms with van der Waals surface area (Å²) in [6, 6.07) is 7.20. The van der Waals surface area contributed by atoms with Crippen LogP contribution in [-0.2, 0) is 22.2 Å². The zero-order valence-electron chi connectivity index (χ0n) is 10.2. The fourth-order valence-electron chi connectivity index (χ4n) is 1.64. The van der Waals surface area contributed by atoms with Crippen LogP contribution in [0.15, 0.2) is 47.3 Å². The number of hydrogen-bond acceptors (Lipinski definition) is 3. The third-order valence-corrected chi connectivity index (χ3v) is 3.94. The van der Waals surface area contributed by atoms with Crippen molar-refractivity contribution in [3.8, 4) is 0 Å². The Balaban J connectivity index is 1.86. The van der Waals surface area contributed by atoms with Crippen LogP contribution in [-0.4, -0.2) is 15.0 Å². The molecule has 1 aromatic heterocycles. The summed E-state index contributed by atoms with van der Waals surface area (Å²) < 4.78 is 43.7. The van der Waals surface area contributed by atoms with Gasteiger partial charge in [-0.25, -0.2) is 17.5 Å². The minimum atomic E-state index is -3.40. The van der Waals surface area contributed by atoms with Crippen LogP contribution in [0.1, 0.15) is 11.1 Å². The Bertz CT molecular complexity index is 606. The Labute approximate surface area is 111 Å². The van der Waals surface area contributed by atoms with Crippen LogP contribution in [0.5, 0.6) is 0 Å². The molecule has 0 amide bonds. The molecule has 102 valence electrons. The lowest BCUT2D eigenvalue weighted by molar-refractivity contribution is 0.562. The minimum absolute atomic E-state index is 0.154. The first-order chi connectivity index (χ1) is 9.05. The summed E-state index contributed by atoms with van der Waals surface area (Å²) in [4.78, 5) is 0. The first-order valence-corrected chi connectivity index (χ1v) is 7.43. The lowest BCUT2D eigenvalue weighted by Crippen LogP contribution is -2.27. The van der Waals surface area contributed by atoms with E-state index in [2.05, 4.69) is 4.72 Å². The van der Waals surface area contributed by atoms with E-state index in [0.29, 0.717) is 18.5 Å². The highest BCUT2D eigenvalue weighted by molar-refractivity contribution is 7.88. The molecule has 19 heavy (non-hydrogen) atoms. The van der Waals surface area contributed by atoms with Crippen molar-refractivity contribution in [3.63, 3.8) is 0 Å². The van der Waals surface area contributed by atoms with Crippen LogP contribution in [0.25, 0.3) is 0 Å². The summed E-state index contributed by atoms with van der Waals surface area (Å²) in [5.74, 6) is -0.535. The summed E-state index contributed by atoms with van der Waals surface area (Å²) in [6.07, 6.45) is 3.69. The van der Waals surface area contributed by atoms with Gasteiger partial charge in [0.05, 0.1) is 18.3 Å². The third-order valence-electron chi connectivity index (χ3n) is 2.59. The smallest absolute Gasteiger partial charge is 0.215 e. The fraction of sp³-hybridized carbons (Fsp3) is 0.231. The second kappa shape index (κ2) is 5.99. The van der Waals surface area contributed by atoms with Gasteiger partial charge in [-0.3, -0.25) is 0 Å². The maximum absolute atomic E-state index is 12.7. The highest BCUT2D eigenvalue weighted by Gasteiger charge is 2.11. The predicted octanol–water partition coefficient (Wildman–Crippen LogP) is 2.08. The molecule has 0 saturated carbocycles. The Morgan fingerprint density at radius 3 is 2.47 bits per heavy atom. The van der Waals surface area contributed by atoms with Gasteiger partial charge in [-0.1, -0.05) is 12.1 Å². The van der Waals surface area contributed by atoms with Crippen molar-refractivity contribution >= 4 is 10.0 Å². The number of rotatable bonds is 6. The van der Waals surface area contributed by atoms with Crippen molar-refractivity contribution in [1.82, 2.24) is 4.72 Å². The van der Waals surface area contributed by atoms with E-state index < -0.39 is 10.0 Å². The summed E-state index contributed by atoms with van der Waals surface area (Å²) >= 11 is 0. The fourth-order valence-corrected chi connectivity index (χ4v) is 2.78. The Hall–Kier alpha value is -1.66. The molecule has 2 rings (SSSR count). The molecule has 0 unspecified atom stereocenters. The van der Waals surface area contributed by atoms with E-state index in [-0.39, 0.29) is 11.6 Å². The first kappa shape index (κ1) is 13.8. The molecule has 2 aromatic rings. The average molecular weight is 283 g/mol. The molecule has 1 N–H and O–H groups in total. The SMILES string of the molecule is O=S(=O)(Cc1ccc(F)cc1)NCCc1ccoc1. The second-order valence-electron chi connectivity index (χ2n) is 4.16. The number of nitrogens with one attached hydrogen (secondary N) is 1. The molecular formula is C13H14FNO3S. The van der Waals surface area contributed by atoms with E-state index in [4.69, 9.17) is 4.42 Å². The standard InChI is InChI=1S/C13H14FNO3S/c14-13-3-1-12(2-4-13)10-19(16,17)15-7-5-11-6-8-18-9-11/h1-4,6,8-9,15H,5,7,10H2. The molecular weight excluding hydrogens is 269 g/mol. The Kier molecular flexibility index (Phi) is 4.34.